The summed E-state index contributed by atoms with van der Waals surface area (Å²) in [4.78, 5) is 11.3. The first-order valence-corrected chi connectivity index (χ1v) is 9.56. The molecule has 1 aliphatic rings. The van der Waals surface area contributed by atoms with Crippen LogP contribution < -0.4 is 19.5 Å². The van der Waals surface area contributed by atoms with Crippen LogP contribution in [-0.2, 0) is 14.8 Å². The zero-order valence-corrected chi connectivity index (χ0v) is 15.1. The highest BCUT2D eigenvalue weighted by molar-refractivity contribution is 7.89. The third-order valence-corrected chi connectivity index (χ3v) is 5.54. The molecule has 1 amide bonds. The molecule has 0 unspecified atom stereocenters. The molecule has 0 aromatic heterocycles. The molecule has 9 heteroatoms. The minimum absolute atomic E-state index is 0.0728. The van der Waals surface area contributed by atoms with Crippen molar-refractivity contribution in [1.82, 2.24) is 10.0 Å². The van der Waals surface area contributed by atoms with E-state index >= 15 is 0 Å². The molecule has 7 nitrogen and oxygen atoms in total. The lowest BCUT2D eigenvalue weighted by atomic mass is 9.95. The molecule has 2 N–H and O–H groups in total. The van der Waals surface area contributed by atoms with E-state index in [2.05, 4.69) is 10.0 Å². The molecule has 1 aromatic rings. The fourth-order valence-corrected chi connectivity index (χ4v) is 3.86. The monoisotopic (exact) mass is 374 g/mol. The van der Waals surface area contributed by atoms with E-state index in [4.69, 9.17) is 9.47 Å². The van der Waals surface area contributed by atoms with E-state index in [1.54, 1.807) is 0 Å². The number of ether oxygens (including phenoxy) is 2. The molecule has 1 fully saturated rings. The predicted molar refractivity (Wildman–Crippen MR) is 89.7 cm³/mol. The van der Waals surface area contributed by atoms with Gasteiger partial charge in [-0.3, -0.25) is 4.79 Å². The summed E-state index contributed by atoms with van der Waals surface area (Å²) >= 11 is 0. The number of nitrogens with one attached hydrogen (secondary N) is 2. The number of hydrogen-bond donors (Lipinski definition) is 2. The Morgan fingerprint density at radius 1 is 1.16 bits per heavy atom. The summed E-state index contributed by atoms with van der Waals surface area (Å²) in [6.07, 6.45) is 5.03. The Bertz CT molecular complexity index is 717. The number of benzene rings is 1. The molecule has 0 radical (unpaired) electrons. The summed E-state index contributed by atoms with van der Waals surface area (Å²) in [6, 6.07) is 2.02. The molecule has 1 aliphatic carbocycles. The van der Waals surface area contributed by atoms with Gasteiger partial charge in [0.2, 0.25) is 15.9 Å². The van der Waals surface area contributed by atoms with Crippen LogP contribution >= 0.6 is 0 Å². The molecule has 0 atom stereocenters. The molecular formula is C16H23FN2O5S. The van der Waals surface area contributed by atoms with E-state index in [0.29, 0.717) is 0 Å². The zero-order valence-electron chi connectivity index (χ0n) is 14.3. The molecule has 2 rings (SSSR count). The maximum Gasteiger partial charge on any atom is 0.244 e. The van der Waals surface area contributed by atoms with Crippen LogP contribution in [0.25, 0.3) is 0 Å². The molecule has 1 saturated carbocycles. The van der Waals surface area contributed by atoms with E-state index in [-0.39, 0.29) is 17.5 Å². The van der Waals surface area contributed by atoms with Crippen LogP contribution in [0.15, 0.2) is 17.0 Å². The van der Waals surface area contributed by atoms with Gasteiger partial charge in [-0.2, -0.15) is 0 Å². The van der Waals surface area contributed by atoms with Gasteiger partial charge < -0.3 is 14.8 Å². The van der Waals surface area contributed by atoms with E-state index in [1.165, 1.54) is 14.2 Å². The van der Waals surface area contributed by atoms with E-state index in [1.807, 2.05) is 0 Å². The van der Waals surface area contributed by atoms with Gasteiger partial charge in [-0.1, -0.05) is 19.3 Å². The summed E-state index contributed by atoms with van der Waals surface area (Å²) < 4.78 is 50.7. The second-order valence-corrected chi connectivity index (χ2v) is 7.60. The molecule has 0 bridgehead atoms. The molecule has 1 aromatic carbocycles. The van der Waals surface area contributed by atoms with Crippen LogP contribution in [0.5, 0.6) is 11.5 Å². The van der Waals surface area contributed by atoms with Gasteiger partial charge in [0, 0.05) is 18.2 Å². The summed E-state index contributed by atoms with van der Waals surface area (Å²) in [7, 11) is -1.57. The van der Waals surface area contributed by atoms with Gasteiger partial charge in [0.15, 0.2) is 11.5 Å². The highest BCUT2D eigenvalue weighted by atomic mass is 32.2. The minimum Gasteiger partial charge on any atom is -0.493 e. The van der Waals surface area contributed by atoms with Crippen LogP contribution in [0.3, 0.4) is 0 Å². The average Bonchev–Trinajstić information content (AvgIpc) is 2.60. The Kier molecular flexibility index (Phi) is 6.60. The van der Waals surface area contributed by atoms with Gasteiger partial charge in [0.25, 0.3) is 0 Å². The third-order valence-electron chi connectivity index (χ3n) is 4.12. The molecule has 140 valence electrons. The number of carbonyl (C=O) groups excluding carboxylic acids is 1. The van der Waals surface area contributed by atoms with Crippen molar-refractivity contribution in [3.63, 3.8) is 0 Å². The van der Waals surface area contributed by atoms with Crippen molar-refractivity contribution in [2.45, 2.75) is 43.0 Å². The Morgan fingerprint density at radius 2 is 1.76 bits per heavy atom. The topological polar surface area (TPSA) is 93.7 Å². The van der Waals surface area contributed by atoms with Crippen LogP contribution in [0.2, 0.25) is 0 Å². The lowest BCUT2D eigenvalue weighted by molar-refractivity contribution is -0.120. The van der Waals surface area contributed by atoms with Crippen LogP contribution in [-0.4, -0.2) is 41.1 Å². The second-order valence-electron chi connectivity index (χ2n) is 5.86. The van der Waals surface area contributed by atoms with Crippen molar-refractivity contribution < 1.29 is 27.1 Å². The molecular weight excluding hydrogens is 351 g/mol. The van der Waals surface area contributed by atoms with Crippen molar-refractivity contribution >= 4 is 15.9 Å². The fourth-order valence-electron chi connectivity index (χ4n) is 2.81. The van der Waals surface area contributed by atoms with Gasteiger partial charge in [-0.05, 0) is 12.8 Å². The van der Waals surface area contributed by atoms with Gasteiger partial charge >= 0.3 is 0 Å². The quantitative estimate of drug-likeness (QED) is 0.756. The number of sulfonamides is 1. The van der Waals surface area contributed by atoms with E-state index < -0.39 is 33.2 Å². The minimum atomic E-state index is -4.21. The maximum absolute atomic E-state index is 14.1. The highest BCUT2D eigenvalue weighted by Crippen LogP contribution is 2.31. The number of amides is 1. The predicted octanol–water partition coefficient (Wildman–Crippen LogP) is 1.57. The van der Waals surface area contributed by atoms with Crippen LogP contribution in [0.4, 0.5) is 4.39 Å². The number of methoxy groups -OCH3 is 2. The lowest BCUT2D eigenvalue weighted by Gasteiger charge is -2.22. The average molecular weight is 374 g/mol. The van der Waals surface area contributed by atoms with Crippen LogP contribution in [0, 0.1) is 5.82 Å². The SMILES string of the molecule is COc1cc(F)c(S(=O)(=O)NCC(=O)NC2CCCCC2)cc1OC. The molecule has 0 saturated heterocycles. The van der Waals surface area contributed by atoms with E-state index in [0.717, 1.165) is 44.2 Å². The van der Waals surface area contributed by atoms with E-state index in [9.17, 15) is 17.6 Å². The summed E-state index contributed by atoms with van der Waals surface area (Å²) in [5.74, 6) is -1.26. The number of halogens is 1. The van der Waals surface area contributed by atoms with Crippen LogP contribution in [0.1, 0.15) is 32.1 Å². The van der Waals surface area contributed by atoms with Crippen molar-refractivity contribution in [2.75, 3.05) is 20.8 Å². The first kappa shape index (κ1) is 19.5. The Hall–Kier alpha value is -1.87. The van der Waals surface area contributed by atoms with Crippen molar-refractivity contribution in [3.05, 3.63) is 17.9 Å². The Morgan fingerprint density at radius 3 is 2.36 bits per heavy atom. The van der Waals surface area contributed by atoms with Gasteiger partial charge in [0.05, 0.1) is 20.8 Å². The molecule has 0 heterocycles. The fraction of sp³-hybridized carbons (Fsp3) is 0.562. The first-order chi connectivity index (χ1) is 11.9. The number of carbonyl (C=O) groups is 1. The number of rotatable bonds is 7. The molecule has 0 spiro atoms. The largest absolute Gasteiger partial charge is 0.493 e. The Balaban J connectivity index is 2.04. The summed E-state index contributed by atoms with van der Waals surface area (Å²) in [5.41, 5.74) is 0. The highest BCUT2D eigenvalue weighted by Gasteiger charge is 2.24. The Labute approximate surface area is 146 Å². The molecule has 25 heavy (non-hydrogen) atoms. The standard InChI is InChI=1S/C16H23FN2O5S/c1-23-13-8-12(17)15(9-14(13)24-2)25(21,22)18-10-16(20)19-11-6-4-3-5-7-11/h8-9,11,18H,3-7,10H2,1-2H3,(H,19,20). The third kappa shape index (κ3) is 5.05. The van der Waals surface area contributed by atoms with Crippen molar-refractivity contribution in [2.24, 2.45) is 0 Å². The normalized spacial score (nSPS) is 15.6. The zero-order chi connectivity index (χ0) is 18.4. The van der Waals surface area contributed by atoms with Crippen molar-refractivity contribution in [3.8, 4) is 11.5 Å². The van der Waals surface area contributed by atoms with Gasteiger partial charge in [0.1, 0.15) is 10.7 Å². The summed E-state index contributed by atoms with van der Waals surface area (Å²) in [6.45, 7) is -0.452. The number of hydrogen-bond acceptors (Lipinski definition) is 5. The van der Waals surface area contributed by atoms with Crippen molar-refractivity contribution in [1.29, 1.82) is 0 Å². The first-order valence-electron chi connectivity index (χ1n) is 8.08. The summed E-state index contributed by atoms with van der Waals surface area (Å²) in [5, 5.41) is 2.79. The second kappa shape index (κ2) is 8.48. The van der Waals surface area contributed by atoms with Gasteiger partial charge in [-0.25, -0.2) is 17.5 Å². The lowest BCUT2D eigenvalue weighted by Crippen LogP contribution is -2.42. The smallest absolute Gasteiger partial charge is 0.244 e. The maximum atomic E-state index is 14.1. The molecule has 0 aliphatic heterocycles. The van der Waals surface area contributed by atoms with Gasteiger partial charge in [-0.15, -0.1) is 0 Å².